The van der Waals surface area contributed by atoms with Gasteiger partial charge in [-0.05, 0) is 69.3 Å². The predicted octanol–water partition coefficient (Wildman–Crippen LogP) is 11.7. The van der Waals surface area contributed by atoms with Crippen LogP contribution in [0.1, 0.15) is 61.0 Å². The Morgan fingerprint density at radius 3 is 2.27 bits per heavy atom. The van der Waals surface area contributed by atoms with Crippen molar-refractivity contribution >= 4 is 42.5 Å². The lowest BCUT2D eigenvalue weighted by Gasteiger charge is -2.22. The number of fused-ring (bicyclic) bond motifs is 4. The minimum absolute atomic E-state index is 0.0398. The van der Waals surface area contributed by atoms with Crippen LogP contribution in [0.2, 0.25) is 0 Å². The van der Waals surface area contributed by atoms with Crippen molar-refractivity contribution < 1.29 is 2.74 Å². The molecule has 0 radical (unpaired) electrons. The van der Waals surface area contributed by atoms with Gasteiger partial charge in [0.2, 0.25) is 0 Å². The van der Waals surface area contributed by atoms with E-state index < -0.39 is 11.8 Å². The third kappa shape index (κ3) is 5.35. The molecule has 0 bridgehead atoms. The van der Waals surface area contributed by atoms with E-state index in [1.165, 1.54) is 32.3 Å². The zero-order valence-corrected chi connectivity index (χ0v) is 27.2. The highest BCUT2D eigenvalue weighted by molar-refractivity contribution is 7.26. The average Bonchev–Trinajstić information content (AvgIpc) is 3.58. The number of imidazole rings is 1. The van der Waals surface area contributed by atoms with Gasteiger partial charge < -0.3 is 4.57 Å². The maximum Gasteiger partial charge on any atom is 0.142 e. The maximum atomic E-state index is 8.89. The summed E-state index contributed by atoms with van der Waals surface area (Å²) in [5.41, 5.74) is 8.46. The van der Waals surface area contributed by atoms with Crippen molar-refractivity contribution in [2.75, 3.05) is 0 Å². The molecule has 7 aromatic rings. The predicted molar refractivity (Wildman–Crippen MR) is 191 cm³/mol. The first kappa shape index (κ1) is 26.2. The Labute approximate surface area is 267 Å². The molecule has 3 heteroatoms. The zero-order chi connectivity index (χ0) is 32.4. The molecule has 2 nitrogen and oxygen atoms in total. The minimum Gasteiger partial charge on any atom is -0.319 e. The van der Waals surface area contributed by atoms with Gasteiger partial charge in [0.1, 0.15) is 5.82 Å². The van der Waals surface area contributed by atoms with Crippen LogP contribution >= 0.6 is 11.3 Å². The number of hydrogen-bond acceptors (Lipinski definition) is 2. The molecule has 0 amide bonds. The highest BCUT2D eigenvalue weighted by atomic mass is 32.1. The van der Waals surface area contributed by atoms with Crippen molar-refractivity contribution in [1.29, 1.82) is 0 Å². The van der Waals surface area contributed by atoms with Crippen LogP contribution in [0.4, 0.5) is 0 Å². The van der Waals surface area contributed by atoms with Crippen LogP contribution in [0.25, 0.3) is 53.7 Å². The van der Waals surface area contributed by atoms with E-state index in [1.54, 1.807) is 11.3 Å². The molecule has 0 unspecified atom stereocenters. The molecular formula is C41H40N2S. The van der Waals surface area contributed by atoms with E-state index in [0.29, 0.717) is 6.54 Å². The number of benzene rings is 5. The first-order valence-electron chi connectivity index (χ1n) is 16.4. The molecule has 2 aromatic heterocycles. The fourth-order valence-corrected chi connectivity index (χ4v) is 7.41. The summed E-state index contributed by atoms with van der Waals surface area (Å²) >= 11 is 1.73. The van der Waals surface area contributed by atoms with E-state index in [1.807, 2.05) is 26.8 Å². The number of hydrogen-bond donors (Lipinski definition) is 0. The lowest BCUT2D eigenvalue weighted by Crippen LogP contribution is -2.12. The number of para-hydroxylation sites is 2. The van der Waals surface area contributed by atoms with Crippen molar-refractivity contribution in [1.82, 2.24) is 9.55 Å². The van der Waals surface area contributed by atoms with Crippen LogP contribution in [0.5, 0.6) is 0 Å². The second-order valence-electron chi connectivity index (χ2n) is 13.9. The van der Waals surface area contributed by atoms with Gasteiger partial charge in [0, 0.05) is 28.5 Å². The van der Waals surface area contributed by atoms with E-state index in [4.69, 9.17) is 7.73 Å². The van der Waals surface area contributed by atoms with Gasteiger partial charge in [0.25, 0.3) is 0 Å². The van der Waals surface area contributed by atoms with Gasteiger partial charge in [0.05, 0.1) is 17.6 Å². The van der Waals surface area contributed by atoms with Crippen LogP contribution in [-0.2, 0) is 18.3 Å². The Bertz CT molecular complexity index is 2230. The van der Waals surface area contributed by atoms with Crippen LogP contribution in [0.15, 0.2) is 109 Å². The van der Waals surface area contributed by atoms with Gasteiger partial charge >= 0.3 is 0 Å². The van der Waals surface area contributed by atoms with E-state index in [2.05, 4.69) is 128 Å². The molecule has 5 aromatic carbocycles. The molecule has 0 N–H and O–H groups in total. The molecule has 0 atom stereocenters. The molecule has 0 saturated heterocycles. The van der Waals surface area contributed by atoms with Gasteiger partial charge in [-0.2, -0.15) is 0 Å². The first-order valence-corrected chi connectivity index (χ1v) is 16.2. The number of rotatable bonds is 5. The quantitative estimate of drug-likeness (QED) is 0.194. The summed E-state index contributed by atoms with van der Waals surface area (Å²) < 4.78 is 22.4. The molecular weight excluding hydrogens is 553 g/mol. The molecule has 0 aliphatic heterocycles. The number of aromatic nitrogens is 2. The monoisotopic (exact) mass is 594 g/mol. The standard InChI is InChI=1S/C41H40N2S/c1-40(2,3)25-27-19-22-31-32-15-12-16-33(38(32)44-37(31)23-27)39-42-35-17-10-11-18-36(35)43(39)26-29-20-21-30(41(4,5)6)24-34(29)28-13-8-7-9-14-28/h7-24H,25-26H2,1-6H3/i25D2. The van der Waals surface area contributed by atoms with Crippen LogP contribution < -0.4 is 0 Å². The van der Waals surface area contributed by atoms with Gasteiger partial charge in [-0.25, -0.2) is 4.98 Å². The Kier molecular flexibility index (Phi) is 6.40. The van der Waals surface area contributed by atoms with E-state index in [-0.39, 0.29) is 5.41 Å². The molecule has 0 spiro atoms. The molecule has 0 saturated carbocycles. The van der Waals surface area contributed by atoms with Crippen molar-refractivity contribution in [3.8, 4) is 22.5 Å². The third-order valence-corrected chi connectivity index (χ3v) is 9.50. The SMILES string of the molecule is [2H]C([2H])(c1ccc2c(c1)sc1c(-c3nc4ccccc4n3Cc3ccc(C(C)(C)C)cc3-c3ccccc3)cccc12)C(C)(C)C. The lowest BCUT2D eigenvalue weighted by atomic mass is 9.84. The molecule has 0 fully saturated rings. The summed E-state index contributed by atoms with van der Waals surface area (Å²) in [4.78, 5) is 5.26. The van der Waals surface area contributed by atoms with Gasteiger partial charge in [-0.15, -0.1) is 11.3 Å². The van der Waals surface area contributed by atoms with Crippen LogP contribution in [-0.4, -0.2) is 9.55 Å². The minimum atomic E-state index is -1.45. The summed E-state index contributed by atoms with van der Waals surface area (Å²) in [5, 5.41) is 2.33. The summed E-state index contributed by atoms with van der Waals surface area (Å²) in [6.45, 7) is 13.4. The van der Waals surface area contributed by atoms with Crippen molar-refractivity contribution in [3.05, 3.63) is 126 Å². The normalized spacial score (nSPS) is 13.5. The Morgan fingerprint density at radius 1 is 0.727 bits per heavy atom. The van der Waals surface area contributed by atoms with Crippen LogP contribution in [0, 0.1) is 5.41 Å². The van der Waals surface area contributed by atoms with Gasteiger partial charge in [-0.1, -0.05) is 126 Å². The summed E-state index contributed by atoms with van der Waals surface area (Å²) in [6.07, 6.45) is -1.45. The lowest BCUT2D eigenvalue weighted by molar-refractivity contribution is 0.411. The second kappa shape index (κ2) is 10.7. The second-order valence-corrected chi connectivity index (χ2v) is 14.9. The summed E-state index contributed by atoms with van der Waals surface area (Å²) in [5.74, 6) is 0.947. The van der Waals surface area contributed by atoms with Crippen LogP contribution in [0.3, 0.4) is 0 Å². The molecule has 220 valence electrons. The van der Waals surface area contributed by atoms with Crippen molar-refractivity contribution in [2.45, 2.75) is 59.9 Å². The smallest absolute Gasteiger partial charge is 0.142 e. The molecule has 2 heterocycles. The highest BCUT2D eigenvalue weighted by Crippen LogP contribution is 2.42. The zero-order valence-electron chi connectivity index (χ0n) is 28.4. The fourth-order valence-electron chi connectivity index (χ4n) is 6.16. The molecule has 0 aliphatic carbocycles. The average molecular weight is 595 g/mol. The number of nitrogens with zero attached hydrogens (tertiary/aromatic N) is 2. The van der Waals surface area contributed by atoms with E-state index in [0.717, 1.165) is 38.1 Å². The third-order valence-electron chi connectivity index (χ3n) is 8.30. The van der Waals surface area contributed by atoms with Crippen molar-refractivity contribution in [3.63, 3.8) is 0 Å². The summed E-state index contributed by atoms with van der Waals surface area (Å²) in [6, 6.07) is 38.7. The molecule has 7 rings (SSSR count). The molecule has 0 aliphatic rings. The highest BCUT2D eigenvalue weighted by Gasteiger charge is 2.21. The topological polar surface area (TPSA) is 17.8 Å². The van der Waals surface area contributed by atoms with Gasteiger partial charge in [0.15, 0.2) is 0 Å². The first-order chi connectivity index (χ1) is 21.8. The Balaban J connectivity index is 1.42. The van der Waals surface area contributed by atoms with Gasteiger partial charge in [-0.3, -0.25) is 0 Å². The van der Waals surface area contributed by atoms with Crippen molar-refractivity contribution in [2.24, 2.45) is 5.41 Å². The number of thiophene rings is 1. The molecule has 44 heavy (non-hydrogen) atoms. The largest absolute Gasteiger partial charge is 0.319 e. The Hall–Kier alpha value is -4.21. The van der Waals surface area contributed by atoms with E-state index in [9.17, 15) is 0 Å². The Morgan fingerprint density at radius 2 is 1.50 bits per heavy atom. The fraction of sp³-hybridized carbons (Fsp3) is 0.244. The van der Waals surface area contributed by atoms with E-state index >= 15 is 0 Å². The summed E-state index contributed by atoms with van der Waals surface area (Å²) in [7, 11) is 0. The maximum absolute atomic E-state index is 8.89.